The van der Waals surface area contributed by atoms with Gasteiger partial charge in [-0.15, -0.1) is 0 Å². The zero-order chi connectivity index (χ0) is 16.0. The third kappa shape index (κ3) is 2.19. The lowest BCUT2D eigenvalue weighted by Crippen LogP contribution is -2.14. The number of carbonyl (C=O) groups is 1. The number of hydrogen-bond acceptors (Lipinski definition) is 5. The van der Waals surface area contributed by atoms with Gasteiger partial charge < -0.3 is 5.32 Å². The van der Waals surface area contributed by atoms with E-state index in [1.165, 1.54) is 6.20 Å². The summed E-state index contributed by atoms with van der Waals surface area (Å²) >= 11 is 0. The lowest BCUT2D eigenvalue weighted by atomic mass is 10.1. The Balaban J connectivity index is 1.84. The van der Waals surface area contributed by atoms with Crippen molar-refractivity contribution >= 4 is 28.5 Å². The maximum absolute atomic E-state index is 12.5. The van der Waals surface area contributed by atoms with E-state index in [4.69, 9.17) is 0 Å². The summed E-state index contributed by atoms with van der Waals surface area (Å²) < 4.78 is 0. The van der Waals surface area contributed by atoms with Gasteiger partial charge in [0.25, 0.3) is 5.56 Å². The smallest absolute Gasteiger partial charge is 0.262 e. The van der Waals surface area contributed by atoms with Crippen LogP contribution >= 0.6 is 0 Å². The number of pyridine rings is 1. The van der Waals surface area contributed by atoms with Gasteiger partial charge in [0.05, 0.1) is 5.39 Å². The minimum absolute atomic E-state index is 0.0379. The number of H-pyrrole nitrogens is 1. The van der Waals surface area contributed by atoms with E-state index in [-0.39, 0.29) is 11.3 Å². The van der Waals surface area contributed by atoms with Crippen molar-refractivity contribution in [1.82, 2.24) is 15.0 Å². The first-order chi connectivity index (χ1) is 11.1. The number of aryl methyl sites for hydroxylation is 2. The standard InChI is InChI=1S/C17H14N4O2/c1-9-4-2-3-5-12(9)19-17-20-15-14(16(23)21-17)10-6-7-13(22)11(10)8-18-15/h2-5,8H,6-7H2,1H3,(H2,18,19,20,21,23). The monoisotopic (exact) mass is 306 g/mol. The Morgan fingerprint density at radius 1 is 1.17 bits per heavy atom. The molecule has 2 aromatic heterocycles. The number of para-hydroxylation sites is 1. The summed E-state index contributed by atoms with van der Waals surface area (Å²) in [6.07, 6.45) is 2.53. The number of carbonyl (C=O) groups excluding carboxylic acids is 1. The number of nitrogens with zero attached hydrogens (tertiary/aromatic N) is 2. The van der Waals surface area contributed by atoms with Crippen LogP contribution in [-0.2, 0) is 6.42 Å². The second-order valence-electron chi connectivity index (χ2n) is 5.63. The van der Waals surface area contributed by atoms with Gasteiger partial charge in [0.15, 0.2) is 11.4 Å². The third-order valence-corrected chi connectivity index (χ3v) is 4.14. The van der Waals surface area contributed by atoms with E-state index in [1.54, 1.807) is 0 Å². The minimum Gasteiger partial charge on any atom is -0.325 e. The van der Waals surface area contributed by atoms with Gasteiger partial charge in [0.1, 0.15) is 0 Å². The topological polar surface area (TPSA) is 87.7 Å². The highest BCUT2D eigenvalue weighted by atomic mass is 16.1. The number of aromatic amines is 1. The molecule has 0 bridgehead atoms. The van der Waals surface area contributed by atoms with Crippen LogP contribution < -0.4 is 10.9 Å². The Labute approximate surface area is 131 Å². The summed E-state index contributed by atoms with van der Waals surface area (Å²) in [6.45, 7) is 1.97. The van der Waals surface area contributed by atoms with E-state index >= 15 is 0 Å². The molecule has 0 amide bonds. The van der Waals surface area contributed by atoms with Crippen LogP contribution in [0, 0.1) is 6.92 Å². The molecule has 1 aliphatic rings. The Kier molecular flexibility index (Phi) is 2.97. The number of ketones is 1. The van der Waals surface area contributed by atoms with Crippen LogP contribution in [0.5, 0.6) is 0 Å². The molecule has 6 nitrogen and oxygen atoms in total. The van der Waals surface area contributed by atoms with Crippen molar-refractivity contribution in [1.29, 1.82) is 0 Å². The summed E-state index contributed by atoms with van der Waals surface area (Å²) in [5.74, 6) is 0.379. The molecule has 1 aliphatic carbocycles. The number of benzene rings is 1. The Morgan fingerprint density at radius 3 is 2.83 bits per heavy atom. The lowest BCUT2D eigenvalue weighted by molar-refractivity contribution is 0.0994. The number of hydrogen-bond donors (Lipinski definition) is 2. The number of rotatable bonds is 2. The van der Waals surface area contributed by atoms with E-state index in [9.17, 15) is 9.59 Å². The van der Waals surface area contributed by atoms with E-state index in [0.717, 1.165) is 16.8 Å². The molecule has 114 valence electrons. The molecule has 0 spiro atoms. The van der Waals surface area contributed by atoms with Crippen molar-refractivity contribution < 1.29 is 4.79 Å². The largest absolute Gasteiger partial charge is 0.325 e. The fourth-order valence-corrected chi connectivity index (χ4v) is 2.94. The van der Waals surface area contributed by atoms with Crippen LogP contribution in [0.2, 0.25) is 0 Å². The molecule has 0 fully saturated rings. The van der Waals surface area contributed by atoms with Crippen molar-refractivity contribution in [3.05, 3.63) is 57.5 Å². The molecule has 6 heteroatoms. The molecule has 0 unspecified atom stereocenters. The van der Waals surface area contributed by atoms with Crippen LogP contribution in [-0.4, -0.2) is 20.7 Å². The first-order valence-electron chi connectivity index (χ1n) is 7.41. The minimum atomic E-state index is -0.273. The van der Waals surface area contributed by atoms with Gasteiger partial charge in [0, 0.05) is 23.9 Å². The first kappa shape index (κ1) is 13.6. The van der Waals surface area contributed by atoms with Crippen LogP contribution in [0.15, 0.2) is 35.3 Å². The van der Waals surface area contributed by atoms with Gasteiger partial charge in [-0.25, -0.2) is 4.98 Å². The molecule has 0 atom stereocenters. The fourth-order valence-electron chi connectivity index (χ4n) is 2.94. The normalized spacial score (nSPS) is 13.3. The predicted octanol–water partition coefficient (Wildman–Crippen LogP) is 2.50. The lowest BCUT2D eigenvalue weighted by Gasteiger charge is -2.09. The molecule has 0 radical (unpaired) electrons. The van der Waals surface area contributed by atoms with Crippen molar-refractivity contribution in [2.75, 3.05) is 5.32 Å². The van der Waals surface area contributed by atoms with Gasteiger partial charge in [-0.2, -0.15) is 4.98 Å². The highest BCUT2D eigenvalue weighted by Gasteiger charge is 2.24. The van der Waals surface area contributed by atoms with E-state index in [1.807, 2.05) is 31.2 Å². The maximum Gasteiger partial charge on any atom is 0.262 e. The zero-order valence-electron chi connectivity index (χ0n) is 12.5. The van der Waals surface area contributed by atoms with Crippen molar-refractivity contribution in [2.24, 2.45) is 0 Å². The number of anilines is 2. The highest BCUT2D eigenvalue weighted by molar-refractivity contribution is 6.04. The van der Waals surface area contributed by atoms with E-state index in [0.29, 0.717) is 35.4 Å². The van der Waals surface area contributed by atoms with Gasteiger partial charge in [-0.1, -0.05) is 18.2 Å². The van der Waals surface area contributed by atoms with Gasteiger partial charge in [-0.3, -0.25) is 14.6 Å². The third-order valence-electron chi connectivity index (χ3n) is 4.14. The molecule has 23 heavy (non-hydrogen) atoms. The van der Waals surface area contributed by atoms with Crippen LogP contribution in [0.3, 0.4) is 0 Å². The van der Waals surface area contributed by atoms with Gasteiger partial charge in [-0.05, 0) is 30.5 Å². The number of Topliss-reactive ketones (excluding diaryl/α,β-unsaturated/α-hetero) is 1. The summed E-state index contributed by atoms with van der Waals surface area (Å²) in [5.41, 5.74) is 3.30. The molecular formula is C17H14N4O2. The van der Waals surface area contributed by atoms with Gasteiger partial charge in [0.2, 0.25) is 5.95 Å². The fraction of sp³-hybridized carbons (Fsp3) is 0.176. The average Bonchev–Trinajstić information content (AvgIpc) is 2.91. The maximum atomic E-state index is 12.5. The summed E-state index contributed by atoms with van der Waals surface area (Å²) in [6, 6.07) is 7.73. The summed E-state index contributed by atoms with van der Waals surface area (Å²) in [4.78, 5) is 35.6. The number of nitrogens with one attached hydrogen (secondary N) is 2. The van der Waals surface area contributed by atoms with E-state index in [2.05, 4.69) is 20.3 Å². The highest BCUT2D eigenvalue weighted by Crippen LogP contribution is 2.26. The molecule has 1 aromatic carbocycles. The molecule has 3 aromatic rings. The second-order valence-corrected chi connectivity index (χ2v) is 5.63. The van der Waals surface area contributed by atoms with E-state index < -0.39 is 0 Å². The molecule has 0 saturated heterocycles. The molecule has 2 N–H and O–H groups in total. The SMILES string of the molecule is Cc1ccccc1Nc1nc2ncc3c(c2c(=O)[nH]1)CCC3=O. The first-order valence-corrected chi connectivity index (χ1v) is 7.41. The Morgan fingerprint density at radius 2 is 2.00 bits per heavy atom. The molecular weight excluding hydrogens is 292 g/mol. The van der Waals surface area contributed by atoms with Crippen molar-refractivity contribution in [3.8, 4) is 0 Å². The molecule has 2 heterocycles. The zero-order valence-corrected chi connectivity index (χ0v) is 12.5. The predicted molar refractivity (Wildman–Crippen MR) is 87.3 cm³/mol. The van der Waals surface area contributed by atoms with Crippen molar-refractivity contribution in [2.45, 2.75) is 19.8 Å². The summed E-state index contributed by atoms with van der Waals surface area (Å²) in [7, 11) is 0. The van der Waals surface area contributed by atoms with Crippen molar-refractivity contribution in [3.63, 3.8) is 0 Å². The molecule has 0 aliphatic heterocycles. The Bertz CT molecular complexity index is 1010. The quantitative estimate of drug-likeness (QED) is 0.759. The average molecular weight is 306 g/mol. The van der Waals surface area contributed by atoms with Crippen LogP contribution in [0.4, 0.5) is 11.6 Å². The van der Waals surface area contributed by atoms with Gasteiger partial charge >= 0.3 is 0 Å². The second kappa shape index (κ2) is 5.01. The molecule has 4 rings (SSSR count). The van der Waals surface area contributed by atoms with Crippen LogP contribution in [0.1, 0.15) is 27.9 Å². The summed E-state index contributed by atoms with van der Waals surface area (Å²) in [5, 5.41) is 3.53. The number of fused-ring (bicyclic) bond motifs is 3. The van der Waals surface area contributed by atoms with Crippen LogP contribution in [0.25, 0.3) is 11.0 Å². The Hall–Kier alpha value is -3.02. The molecule has 0 saturated carbocycles. The number of aromatic nitrogens is 3.